The molecule has 0 unspecified atom stereocenters. The number of anilines is 1. The number of nitrogens with one attached hydrogen (secondary N) is 1. The maximum absolute atomic E-state index is 12.0. The second kappa shape index (κ2) is 8.45. The van der Waals surface area contributed by atoms with Crippen LogP contribution in [0.5, 0.6) is 0 Å². The van der Waals surface area contributed by atoms with Crippen molar-refractivity contribution in [2.24, 2.45) is 0 Å². The molecule has 4 heteroatoms. The molecule has 4 nitrogen and oxygen atoms in total. The summed E-state index contributed by atoms with van der Waals surface area (Å²) in [7, 11) is 0. The first-order valence-electron chi connectivity index (χ1n) is 7.56. The van der Waals surface area contributed by atoms with Crippen LogP contribution in [0.3, 0.4) is 0 Å². The average molecular weight is 290 g/mol. The zero-order valence-electron chi connectivity index (χ0n) is 13.5. The molecular formula is C17H26N2O2. The minimum atomic E-state index is -0.0496. The molecule has 0 aliphatic carbocycles. The van der Waals surface area contributed by atoms with E-state index < -0.39 is 0 Å². The summed E-state index contributed by atoms with van der Waals surface area (Å²) in [6, 6.07) is 5.98. The number of hydrogen-bond donors (Lipinski definition) is 1. The van der Waals surface area contributed by atoms with Gasteiger partial charge in [0.25, 0.3) is 0 Å². The Kier molecular flexibility index (Phi) is 6.92. The number of carbonyl (C=O) groups excluding carboxylic acids is 2. The van der Waals surface area contributed by atoms with E-state index in [4.69, 9.17) is 0 Å². The summed E-state index contributed by atoms with van der Waals surface area (Å²) in [6.07, 6.45) is 2.34. The van der Waals surface area contributed by atoms with Gasteiger partial charge < -0.3 is 10.2 Å². The van der Waals surface area contributed by atoms with E-state index >= 15 is 0 Å². The summed E-state index contributed by atoms with van der Waals surface area (Å²) in [5, 5.41) is 2.92. The zero-order chi connectivity index (χ0) is 15.8. The number of rotatable bonds is 7. The minimum Gasteiger partial charge on any atom is -0.342 e. The molecule has 1 N–H and O–H groups in total. The van der Waals surface area contributed by atoms with Gasteiger partial charge in [0.15, 0.2) is 0 Å². The van der Waals surface area contributed by atoms with E-state index in [0.29, 0.717) is 13.0 Å². The number of amides is 2. The van der Waals surface area contributed by atoms with Gasteiger partial charge in [0.2, 0.25) is 11.8 Å². The topological polar surface area (TPSA) is 49.4 Å². The van der Waals surface area contributed by atoms with Crippen molar-refractivity contribution in [1.82, 2.24) is 4.90 Å². The lowest BCUT2D eigenvalue weighted by molar-refractivity contribution is -0.129. The van der Waals surface area contributed by atoms with Crippen LogP contribution in [0, 0.1) is 13.8 Å². The van der Waals surface area contributed by atoms with Gasteiger partial charge >= 0.3 is 0 Å². The first kappa shape index (κ1) is 17.2. The van der Waals surface area contributed by atoms with Gasteiger partial charge in [-0.1, -0.05) is 25.5 Å². The van der Waals surface area contributed by atoms with Gasteiger partial charge in [-0.2, -0.15) is 0 Å². The highest BCUT2D eigenvalue weighted by Gasteiger charge is 2.11. The molecule has 0 aromatic heterocycles. The molecule has 0 aliphatic rings. The SMILES string of the molecule is CCCCN(CCC(=O)Nc1cc(C)ccc1C)C(C)=O. The first-order valence-corrected chi connectivity index (χ1v) is 7.56. The smallest absolute Gasteiger partial charge is 0.226 e. The molecule has 0 atom stereocenters. The summed E-state index contributed by atoms with van der Waals surface area (Å²) in [6.45, 7) is 8.81. The maximum atomic E-state index is 12.0. The van der Waals surface area contributed by atoms with Crippen LogP contribution in [0.1, 0.15) is 44.2 Å². The van der Waals surface area contributed by atoms with Gasteiger partial charge in [-0.3, -0.25) is 9.59 Å². The van der Waals surface area contributed by atoms with Crippen LogP contribution >= 0.6 is 0 Å². The van der Waals surface area contributed by atoms with Crippen molar-refractivity contribution in [1.29, 1.82) is 0 Å². The Morgan fingerprint density at radius 2 is 1.90 bits per heavy atom. The molecule has 0 spiro atoms. The predicted octanol–water partition coefficient (Wildman–Crippen LogP) is 3.28. The molecular weight excluding hydrogens is 264 g/mol. The van der Waals surface area contributed by atoms with E-state index in [-0.39, 0.29) is 11.8 Å². The fraction of sp³-hybridized carbons (Fsp3) is 0.529. The third kappa shape index (κ3) is 5.98. The molecule has 0 saturated heterocycles. The van der Waals surface area contributed by atoms with Crippen molar-refractivity contribution in [3.8, 4) is 0 Å². The average Bonchev–Trinajstić information content (AvgIpc) is 2.42. The molecule has 2 amide bonds. The molecule has 0 saturated carbocycles. The van der Waals surface area contributed by atoms with Crippen molar-refractivity contribution in [3.63, 3.8) is 0 Å². The number of aryl methyl sites for hydroxylation is 2. The first-order chi connectivity index (χ1) is 9.93. The molecule has 21 heavy (non-hydrogen) atoms. The molecule has 0 fully saturated rings. The number of benzene rings is 1. The Morgan fingerprint density at radius 1 is 1.19 bits per heavy atom. The van der Waals surface area contributed by atoms with Crippen molar-refractivity contribution in [2.45, 2.75) is 47.0 Å². The summed E-state index contributed by atoms with van der Waals surface area (Å²) >= 11 is 0. The van der Waals surface area contributed by atoms with Gasteiger partial charge in [-0.15, -0.1) is 0 Å². The second-order valence-corrected chi connectivity index (χ2v) is 5.48. The molecule has 0 bridgehead atoms. The molecule has 1 aromatic carbocycles. The van der Waals surface area contributed by atoms with E-state index in [1.54, 1.807) is 11.8 Å². The Morgan fingerprint density at radius 3 is 2.52 bits per heavy atom. The Hall–Kier alpha value is -1.84. The standard InChI is InChI=1S/C17H26N2O2/c1-5-6-10-19(15(4)20)11-9-17(21)18-16-12-13(2)7-8-14(16)3/h7-8,12H,5-6,9-11H2,1-4H3,(H,18,21). The molecule has 1 rings (SSSR count). The largest absolute Gasteiger partial charge is 0.342 e. The van der Waals surface area contributed by atoms with Crippen LogP contribution < -0.4 is 5.32 Å². The second-order valence-electron chi connectivity index (χ2n) is 5.48. The Labute approximate surface area is 127 Å². The van der Waals surface area contributed by atoms with Gasteiger partial charge in [-0.05, 0) is 37.5 Å². The number of unbranched alkanes of at least 4 members (excludes halogenated alkanes) is 1. The zero-order valence-corrected chi connectivity index (χ0v) is 13.5. The lowest BCUT2D eigenvalue weighted by atomic mass is 10.1. The fourth-order valence-corrected chi connectivity index (χ4v) is 2.10. The summed E-state index contributed by atoms with van der Waals surface area (Å²) in [4.78, 5) is 25.3. The highest BCUT2D eigenvalue weighted by Crippen LogP contribution is 2.16. The van der Waals surface area contributed by atoms with Crippen LogP contribution in [-0.4, -0.2) is 29.8 Å². The van der Waals surface area contributed by atoms with E-state index in [1.807, 2.05) is 32.0 Å². The highest BCUT2D eigenvalue weighted by atomic mass is 16.2. The molecule has 1 aromatic rings. The Bertz CT molecular complexity index is 498. The number of nitrogens with zero attached hydrogens (tertiary/aromatic N) is 1. The third-order valence-electron chi connectivity index (χ3n) is 3.50. The van der Waals surface area contributed by atoms with Gasteiger partial charge in [0.1, 0.15) is 0 Å². The fourth-order valence-electron chi connectivity index (χ4n) is 2.10. The number of carbonyl (C=O) groups is 2. The van der Waals surface area contributed by atoms with Crippen LogP contribution in [0.25, 0.3) is 0 Å². The quantitative estimate of drug-likeness (QED) is 0.837. The third-order valence-corrected chi connectivity index (χ3v) is 3.50. The van der Waals surface area contributed by atoms with Crippen molar-refractivity contribution in [3.05, 3.63) is 29.3 Å². The van der Waals surface area contributed by atoms with E-state index in [0.717, 1.165) is 36.2 Å². The van der Waals surface area contributed by atoms with Gasteiger partial charge in [0.05, 0.1) is 0 Å². The van der Waals surface area contributed by atoms with Crippen molar-refractivity contribution in [2.75, 3.05) is 18.4 Å². The Balaban J connectivity index is 2.52. The lowest BCUT2D eigenvalue weighted by Gasteiger charge is -2.20. The normalized spacial score (nSPS) is 10.3. The van der Waals surface area contributed by atoms with E-state index in [2.05, 4.69) is 12.2 Å². The number of hydrogen-bond acceptors (Lipinski definition) is 2. The lowest BCUT2D eigenvalue weighted by Crippen LogP contribution is -2.32. The maximum Gasteiger partial charge on any atom is 0.226 e. The van der Waals surface area contributed by atoms with E-state index in [1.165, 1.54) is 0 Å². The van der Waals surface area contributed by atoms with Gasteiger partial charge in [0, 0.05) is 32.1 Å². The monoisotopic (exact) mass is 290 g/mol. The molecule has 116 valence electrons. The van der Waals surface area contributed by atoms with Gasteiger partial charge in [-0.25, -0.2) is 0 Å². The van der Waals surface area contributed by atoms with Crippen LogP contribution in [0.15, 0.2) is 18.2 Å². The van der Waals surface area contributed by atoms with Crippen LogP contribution in [0.4, 0.5) is 5.69 Å². The van der Waals surface area contributed by atoms with Crippen LogP contribution in [-0.2, 0) is 9.59 Å². The minimum absolute atomic E-state index is 0.0305. The summed E-state index contributed by atoms with van der Waals surface area (Å²) in [5.41, 5.74) is 3.01. The van der Waals surface area contributed by atoms with E-state index in [9.17, 15) is 9.59 Å². The van der Waals surface area contributed by atoms with Crippen LogP contribution in [0.2, 0.25) is 0 Å². The van der Waals surface area contributed by atoms with Crippen molar-refractivity contribution < 1.29 is 9.59 Å². The predicted molar refractivity (Wildman–Crippen MR) is 86.3 cm³/mol. The molecule has 0 aliphatic heterocycles. The highest BCUT2D eigenvalue weighted by molar-refractivity contribution is 5.92. The van der Waals surface area contributed by atoms with Crippen molar-refractivity contribution >= 4 is 17.5 Å². The molecule has 0 radical (unpaired) electrons. The summed E-state index contributed by atoms with van der Waals surface area (Å²) in [5.74, 6) is -0.0190. The summed E-state index contributed by atoms with van der Waals surface area (Å²) < 4.78 is 0. The molecule has 0 heterocycles.